The largest absolute Gasteiger partial charge is 0.340 e. The van der Waals surface area contributed by atoms with Crippen LogP contribution < -0.4 is 5.32 Å². The topological polar surface area (TPSA) is 51.0 Å². The molecule has 1 heterocycles. The highest BCUT2D eigenvalue weighted by Crippen LogP contribution is 2.06. The number of rotatable bonds is 7. The smallest absolute Gasteiger partial charge is 0.227 e. The van der Waals surface area contributed by atoms with Gasteiger partial charge in [0.15, 0.2) is 6.33 Å². The lowest BCUT2D eigenvalue weighted by Gasteiger charge is -2.14. The van der Waals surface area contributed by atoms with Crippen LogP contribution in [0.15, 0.2) is 10.9 Å². The predicted octanol–water partition coefficient (Wildman–Crippen LogP) is 2.03. The van der Waals surface area contributed by atoms with Crippen molar-refractivity contribution in [2.24, 2.45) is 5.92 Å². The first-order valence-corrected chi connectivity index (χ1v) is 5.67. The fourth-order valence-electron chi connectivity index (χ4n) is 1.42. The van der Waals surface area contributed by atoms with Crippen molar-refractivity contribution in [2.75, 3.05) is 6.54 Å². The zero-order chi connectivity index (χ0) is 11.1. The molecule has 1 unspecified atom stereocenters. The van der Waals surface area contributed by atoms with E-state index in [0.717, 1.165) is 18.9 Å². The van der Waals surface area contributed by atoms with Crippen LogP contribution >= 0.6 is 0 Å². The van der Waals surface area contributed by atoms with Gasteiger partial charge in [0.1, 0.15) is 0 Å². The standard InChI is InChI=1S/C11H21N3O/c1-9(2)4-5-10(3)12-7-6-11-13-8-14-15-11/h8-10,12H,4-7H2,1-3H3. The molecule has 15 heavy (non-hydrogen) atoms. The van der Waals surface area contributed by atoms with Crippen LogP contribution in [0, 0.1) is 5.92 Å². The maximum Gasteiger partial charge on any atom is 0.227 e. The molecule has 1 atom stereocenters. The van der Waals surface area contributed by atoms with Crippen molar-refractivity contribution >= 4 is 0 Å². The minimum atomic E-state index is 0.565. The van der Waals surface area contributed by atoms with Gasteiger partial charge in [-0.15, -0.1) is 0 Å². The van der Waals surface area contributed by atoms with Gasteiger partial charge in [-0.1, -0.05) is 19.0 Å². The van der Waals surface area contributed by atoms with Crippen molar-refractivity contribution in [3.05, 3.63) is 12.2 Å². The lowest BCUT2D eigenvalue weighted by Crippen LogP contribution is -2.28. The van der Waals surface area contributed by atoms with Gasteiger partial charge in [0, 0.05) is 19.0 Å². The van der Waals surface area contributed by atoms with Gasteiger partial charge in [0.2, 0.25) is 5.89 Å². The highest BCUT2D eigenvalue weighted by Gasteiger charge is 2.04. The van der Waals surface area contributed by atoms with Gasteiger partial charge in [-0.25, -0.2) is 0 Å². The molecule has 1 aromatic rings. The summed E-state index contributed by atoms with van der Waals surface area (Å²) in [6, 6.07) is 0.565. The van der Waals surface area contributed by atoms with E-state index < -0.39 is 0 Å². The molecule has 0 aliphatic rings. The van der Waals surface area contributed by atoms with Crippen LogP contribution in [0.4, 0.5) is 0 Å². The second kappa shape index (κ2) is 6.56. The number of aromatic nitrogens is 2. The second-order valence-corrected chi connectivity index (χ2v) is 4.41. The molecule has 86 valence electrons. The van der Waals surface area contributed by atoms with Crippen molar-refractivity contribution in [3.63, 3.8) is 0 Å². The molecule has 0 aliphatic heterocycles. The zero-order valence-electron chi connectivity index (χ0n) is 9.86. The SMILES string of the molecule is CC(C)CCC(C)NCCc1ncno1. The van der Waals surface area contributed by atoms with Crippen LogP contribution in [-0.2, 0) is 6.42 Å². The van der Waals surface area contributed by atoms with E-state index in [1.54, 1.807) is 0 Å². The van der Waals surface area contributed by atoms with Crippen molar-refractivity contribution in [2.45, 2.75) is 46.1 Å². The second-order valence-electron chi connectivity index (χ2n) is 4.41. The van der Waals surface area contributed by atoms with E-state index in [0.29, 0.717) is 11.9 Å². The third-order valence-electron chi connectivity index (χ3n) is 2.42. The maximum atomic E-state index is 4.91. The molecule has 1 N–H and O–H groups in total. The summed E-state index contributed by atoms with van der Waals surface area (Å²) < 4.78 is 4.91. The van der Waals surface area contributed by atoms with E-state index >= 15 is 0 Å². The van der Waals surface area contributed by atoms with E-state index in [-0.39, 0.29) is 0 Å². The first-order valence-electron chi connectivity index (χ1n) is 5.67. The quantitative estimate of drug-likeness (QED) is 0.749. The Morgan fingerprint density at radius 3 is 2.73 bits per heavy atom. The van der Waals surface area contributed by atoms with Crippen molar-refractivity contribution < 1.29 is 4.52 Å². The number of hydrogen-bond acceptors (Lipinski definition) is 4. The van der Waals surface area contributed by atoms with Crippen molar-refractivity contribution in [1.29, 1.82) is 0 Å². The highest BCUT2D eigenvalue weighted by molar-refractivity contribution is 4.76. The Kier molecular flexibility index (Phi) is 5.32. The summed E-state index contributed by atoms with van der Waals surface area (Å²) in [6.45, 7) is 7.63. The van der Waals surface area contributed by atoms with E-state index in [1.807, 2.05) is 0 Å². The first kappa shape index (κ1) is 12.2. The molecular formula is C11H21N3O. The molecule has 0 bridgehead atoms. The summed E-state index contributed by atoms with van der Waals surface area (Å²) in [7, 11) is 0. The van der Waals surface area contributed by atoms with Crippen molar-refractivity contribution in [3.8, 4) is 0 Å². The molecule has 1 rings (SSSR count). The van der Waals surface area contributed by atoms with Gasteiger partial charge in [0.25, 0.3) is 0 Å². The Bertz CT molecular complexity index is 246. The fraction of sp³-hybridized carbons (Fsp3) is 0.818. The van der Waals surface area contributed by atoms with Crippen LogP contribution in [0.25, 0.3) is 0 Å². The van der Waals surface area contributed by atoms with Crippen LogP contribution in [0.2, 0.25) is 0 Å². The van der Waals surface area contributed by atoms with Crippen LogP contribution in [0.3, 0.4) is 0 Å². The normalized spacial score (nSPS) is 13.3. The molecule has 0 spiro atoms. The van der Waals surface area contributed by atoms with Gasteiger partial charge in [-0.05, 0) is 25.7 Å². The van der Waals surface area contributed by atoms with E-state index in [4.69, 9.17) is 4.52 Å². The summed E-state index contributed by atoms with van der Waals surface area (Å²) in [5.41, 5.74) is 0. The molecule has 4 nitrogen and oxygen atoms in total. The lowest BCUT2D eigenvalue weighted by molar-refractivity contribution is 0.369. The summed E-state index contributed by atoms with van der Waals surface area (Å²) >= 11 is 0. The molecule has 0 aliphatic carbocycles. The average molecular weight is 211 g/mol. The molecule has 4 heteroatoms. The molecule has 0 radical (unpaired) electrons. The van der Waals surface area contributed by atoms with Gasteiger partial charge >= 0.3 is 0 Å². The number of nitrogens with zero attached hydrogens (tertiary/aromatic N) is 2. The van der Waals surface area contributed by atoms with E-state index in [1.165, 1.54) is 19.2 Å². The Hall–Kier alpha value is -0.900. The Morgan fingerprint density at radius 2 is 2.13 bits per heavy atom. The van der Waals surface area contributed by atoms with Crippen LogP contribution in [-0.4, -0.2) is 22.7 Å². The average Bonchev–Trinajstić information content (AvgIpc) is 2.67. The fourth-order valence-corrected chi connectivity index (χ4v) is 1.42. The molecule has 0 saturated heterocycles. The Labute approximate surface area is 91.5 Å². The van der Waals surface area contributed by atoms with Gasteiger partial charge in [-0.2, -0.15) is 4.98 Å². The van der Waals surface area contributed by atoms with E-state index in [9.17, 15) is 0 Å². The van der Waals surface area contributed by atoms with Gasteiger partial charge in [0.05, 0.1) is 0 Å². The van der Waals surface area contributed by atoms with Gasteiger partial charge in [-0.3, -0.25) is 0 Å². The minimum Gasteiger partial charge on any atom is -0.340 e. The predicted molar refractivity (Wildman–Crippen MR) is 59.5 cm³/mol. The van der Waals surface area contributed by atoms with Crippen LogP contribution in [0.1, 0.15) is 39.5 Å². The van der Waals surface area contributed by atoms with E-state index in [2.05, 4.69) is 36.2 Å². The summed E-state index contributed by atoms with van der Waals surface area (Å²) in [6.07, 6.45) is 4.75. The van der Waals surface area contributed by atoms with Gasteiger partial charge < -0.3 is 9.84 Å². The summed E-state index contributed by atoms with van der Waals surface area (Å²) in [5, 5.41) is 7.01. The maximum absolute atomic E-state index is 4.91. The third kappa shape index (κ3) is 5.52. The molecule has 0 saturated carbocycles. The minimum absolute atomic E-state index is 0.565. The Morgan fingerprint density at radius 1 is 1.33 bits per heavy atom. The van der Waals surface area contributed by atoms with Crippen LogP contribution in [0.5, 0.6) is 0 Å². The first-order chi connectivity index (χ1) is 7.18. The molecular weight excluding hydrogens is 190 g/mol. The summed E-state index contributed by atoms with van der Waals surface area (Å²) in [5.74, 6) is 1.49. The highest BCUT2D eigenvalue weighted by atomic mass is 16.5. The summed E-state index contributed by atoms with van der Waals surface area (Å²) in [4.78, 5) is 3.97. The molecule has 1 aromatic heterocycles. The Balaban J connectivity index is 2.04. The number of nitrogens with one attached hydrogen (secondary N) is 1. The number of hydrogen-bond donors (Lipinski definition) is 1. The molecule has 0 amide bonds. The lowest BCUT2D eigenvalue weighted by atomic mass is 10.0. The van der Waals surface area contributed by atoms with Crippen molar-refractivity contribution in [1.82, 2.24) is 15.5 Å². The molecule has 0 aromatic carbocycles. The molecule has 0 fully saturated rings. The third-order valence-corrected chi connectivity index (χ3v) is 2.42. The zero-order valence-corrected chi connectivity index (χ0v) is 9.86. The monoisotopic (exact) mass is 211 g/mol.